The second-order valence-electron chi connectivity index (χ2n) is 5.24. The normalized spacial score (nSPS) is 11.2. The quantitative estimate of drug-likeness (QED) is 0.909. The summed E-state index contributed by atoms with van der Waals surface area (Å²) in [6.07, 6.45) is 2.36. The van der Waals surface area contributed by atoms with Gasteiger partial charge in [-0.2, -0.15) is 5.10 Å². The predicted octanol–water partition coefficient (Wildman–Crippen LogP) is 2.98. The predicted molar refractivity (Wildman–Crippen MR) is 78.3 cm³/mol. The van der Waals surface area contributed by atoms with Crippen LogP contribution < -0.4 is 5.32 Å². The van der Waals surface area contributed by atoms with Gasteiger partial charge in [0.1, 0.15) is 10.5 Å². The molecule has 0 bridgehead atoms. The van der Waals surface area contributed by atoms with E-state index in [1.165, 1.54) is 17.1 Å². The molecular formula is C13H15N3O4S. The van der Waals surface area contributed by atoms with E-state index in [1.807, 2.05) is 0 Å². The fraction of sp³-hybridized carbons (Fsp3) is 0.308. The average molecular weight is 309 g/mol. The van der Waals surface area contributed by atoms with Crippen LogP contribution in [-0.2, 0) is 4.74 Å². The largest absolute Gasteiger partial charge is 0.477 e. The average Bonchev–Trinajstić information content (AvgIpc) is 2.92. The maximum Gasteiger partial charge on any atom is 0.412 e. The molecule has 0 aliphatic carbocycles. The molecule has 8 heteroatoms. The topological polar surface area (TPSA) is 93.5 Å². The molecule has 0 spiro atoms. The molecule has 0 aliphatic heterocycles. The van der Waals surface area contributed by atoms with E-state index in [0.717, 1.165) is 11.3 Å². The SMILES string of the molecule is CC(C)(C)OC(=O)Nc1cnn(-c2ccsc2C(=O)O)c1. The van der Waals surface area contributed by atoms with E-state index in [-0.39, 0.29) is 4.88 Å². The van der Waals surface area contributed by atoms with Crippen molar-refractivity contribution in [3.63, 3.8) is 0 Å². The van der Waals surface area contributed by atoms with E-state index < -0.39 is 17.7 Å². The van der Waals surface area contributed by atoms with Gasteiger partial charge in [-0.15, -0.1) is 11.3 Å². The first-order valence-electron chi connectivity index (χ1n) is 6.12. The summed E-state index contributed by atoms with van der Waals surface area (Å²) in [4.78, 5) is 22.9. The third-order valence-corrected chi connectivity index (χ3v) is 3.21. The van der Waals surface area contributed by atoms with Crippen LogP contribution in [0.2, 0.25) is 0 Å². The summed E-state index contributed by atoms with van der Waals surface area (Å²) < 4.78 is 6.52. The lowest BCUT2D eigenvalue weighted by Crippen LogP contribution is -2.27. The molecule has 0 radical (unpaired) electrons. The molecular weight excluding hydrogens is 294 g/mol. The Hall–Kier alpha value is -2.35. The van der Waals surface area contributed by atoms with Gasteiger partial charge in [-0.3, -0.25) is 5.32 Å². The van der Waals surface area contributed by atoms with Crippen LogP contribution in [0.25, 0.3) is 5.69 Å². The van der Waals surface area contributed by atoms with Crippen molar-refractivity contribution >= 4 is 29.1 Å². The van der Waals surface area contributed by atoms with Crippen LogP contribution in [-0.4, -0.2) is 32.6 Å². The third kappa shape index (κ3) is 3.82. The molecule has 2 heterocycles. The van der Waals surface area contributed by atoms with Crippen molar-refractivity contribution in [1.29, 1.82) is 0 Å². The van der Waals surface area contributed by atoms with Gasteiger partial charge in [0.05, 0.1) is 23.8 Å². The van der Waals surface area contributed by atoms with Gasteiger partial charge in [-0.1, -0.05) is 0 Å². The fourth-order valence-corrected chi connectivity index (χ4v) is 2.30. The fourth-order valence-electron chi connectivity index (χ4n) is 1.58. The van der Waals surface area contributed by atoms with E-state index in [9.17, 15) is 9.59 Å². The molecule has 2 aromatic rings. The second kappa shape index (κ2) is 5.57. The number of aromatic nitrogens is 2. The summed E-state index contributed by atoms with van der Waals surface area (Å²) >= 11 is 1.11. The summed E-state index contributed by atoms with van der Waals surface area (Å²) in [5.41, 5.74) is 0.278. The number of amides is 1. The van der Waals surface area contributed by atoms with Gasteiger partial charge in [0.2, 0.25) is 0 Å². The zero-order valence-corrected chi connectivity index (χ0v) is 12.6. The van der Waals surface area contributed by atoms with Crippen LogP contribution in [0.15, 0.2) is 23.8 Å². The number of ether oxygens (including phenoxy) is 1. The van der Waals surface area contributed by atoms with E-state index >= 15 is 0 Å². The lowest BCUT2D eigenvalue weighted by Gasteiger charge is -2.19. The number of rotatable bonds is 3. The Morgan fingerprint density at radius 2 is 2.14 bits per heavy atom. The highest BCUT2D eigenvalue weighted by molar-refractivity contribution is 7.12. The van der Waals surface area contributed by atoms with Crippen molar-refractivity contribution in [2.24, 2.45) is 0 Å². The number of carbonyl (C=O) groups is 2. The number of nitrogens with zero attached hydrogens (tertiary/aromatic N) is 2. The van der Waals surface area contributed by atoms with Crippen LogP contribution in [0.4, 0.5) is 10.5 Å². The number of aromatic carboxylic acids is 1. The molecule has 2 N–H and O–H groups in total. The van der Waals surface area contributed by atoms with Crippen LogP contribution in [0.5, 0.6) is 0 Å². The summed E-state index contributed by atoms with van der Waals surface area (Å²) in [5, 5.41) is 17.3. The summed E-state index contributed by atoms with van der Waals surface area (Å²) in [6.45, 7) is 5.29. The minimum Gasteiger partial charge on any atom is -0.477 e. The first kappa shape index (κ1) is 15.0. The third-order valence-electron chi connectivity index (χ3n) is 2.31. The molecule has 0 aromatic carbocycles. The van der Waals surface area contributed by atoms with Crippen LogP contribution in [0.3, 0.4) is 0 Å². The summed E-state index contributed by atoms with van der Waals surface area (Å²) in [5.74, 6) is -1.02. The van der Waals surface area contributed by atoms with Crippen molar-refractivity contribution in [2.75, 3.05) is 5.32 Å². The number of hydrogen-bond acceptors (Lipinski definition) is 5. The Morgan fingerprint density at radius 3 is 2.76 bits per heavy atom. The highest BCUT2D eigenvalue weighted by Gasteiger charge is 2.18. The number of hydrogen-bond donors (Lipinski definition) is 2. The Morgan fingerprint density at radius 1 is 1.43 bits per heavy atom. The number of nitrogens with one attached hydrogen (secondary N) is 1. The van der Waals surface area contributed by atoms with Gasteiger partial charge < -0.3 is 9.84 Å². The Labute approximate surface area is 125 Å². The Bertz CT molecular complexity index is 669. The zero-order valence-electron chi connectivity index (χ0n) is 11.8. The van der Waals surface area contributed by atoms with Crippen molar-refractivity contribution in [3.05, 3.63) is 28.7 Å². The molecule has 0 aliphatic rings. The summed E-state index contributed by atoms with van der Waals surface area (Å²) in [7, 11) is 0. The zero-order chi connectivity index (χ0) is 15.6. The number of carboxylic acid groups (broad SMARTS) is 1. The molecule has 0 atom stereocenters. The van der Waals surface area contributed by atoms with E-state index in [1.54, 1.807) is 32.2 Å². The number of carbonyl (C=O) groups excluding carboxylic acids is 1. The number of carboxylic acids is 1. The molecule has 0 saturated carbocycles. The smallest absolute Gasteiger partial charge is 0.412 e. The van der Waals surface area contributed by atoms with E-state index in [4.69, 9.17) is 9.84 Å². The van der Waals surface area contributed by atoms with Crippen molar-refractivity contribution < 1.29 is 19.4 Å². The maximum absolute atomic E-state index is 11.6. The van der Waals surface area contributed by atoms with Gasteiger partial charge in [0, 0.05) is 0 Å². The van der Waals surface area contributed by atoms with Crippen molar-refractivity contribution in [3.8, 4) is 5.69 Å². The molecule has 0 fully saturated rings. The minimum absolute atomic E-state index is 0.182. The Balaban J connectivity index is 2.13. The van der Waals surface area contributed by atoms with E-state index in [2.05, 4.69) is 10.4 Å². The molecule has 7 nitrogen and oxygen atoms in total. The molecule has 2 rings (SSSR count). The first-order valence-corrected chi connectivity index (χ1v) is 7.00. The highest BCUT2D eigenvalue weighted by atomic mass is 32.1. The van der Waals surface area contributed by atoms with E-state index in [0.29, 0.717) is 11.4 Å². The molecule has 2 aromatic heterocycles. The van der Waals surface area contributed by atoms with Gasteiger partial charge in [-0.05, 0) is 32.2 Å². The molecule has 112 valence electrons. The van der Waals surface area contributed by atoms with Gasteiger partial charge >= 0.3 is 12.1 Å². The van der Waals surface area contributed by atoms with Crippen LogP contribution in [0.1, 0.15) is 30.4 Å². The molecule has 1 amide bonds. The number of thiophene rings is 1. The summed E-state index contributed by atoms with van der Waals surface area (Å²) in [6, 6.07) is 1.65. The van der Waals surface area contributed by atoms with Crippen molar-refractivity contribution in [1.82, 2.24) is 9.78 Å². The monoisotopic (exact) mass is 309 g/mol. The molecule has 0 unspecified atom stereocenters. The van der Waals surface area contributed by atoms with Crippen LogP contribution in [0, 0.1) is 0 Å². The lowest BCUT2D eigenvalue weighted by atomic mass is 10.2. The van der Waals surface area contributed by atoms with Crippen molar-refractivity contribution in [2.45, 2.75) is 26.4 Å². The Kier molecular flexibility index (Phi) is 3.99. The molecule has 0 saturated heterocycles. The number of anilines is 1. The first-order chi connectivity index (χ1) is 9.76. The highest BCUT2D eigenvalue weighted by Crippen LogP contribution is 2.22. The molecule has 21 heavy (non-hydrogen) atoms. The maximum atomic E-state index is 11.6. The minimum atomic E-state index is -1.02. The van der Waals surface area contributed by atoms with Crippen LogP contribution >= 0.6 is 11.3 Å². The standard InChI is InChI=1S/C13H15N3O4S/c1-13(2,3)20-12(19)15-8-6-14-16(7-8)9-4-5-21-10(9)11(17)18/h4-7H,1-3H3,(H,15,19)(H,17,18). The lowest BCUT2D eigenvalue weighted by molar-refractivity contribution is 0.0634. The van der Waals surface area contributed by atoms with Gasteiger partial charge in [0.15, 0.2) is 0 Å². The van der Waals surface area contributed by atoms with Gasteiger partial charge in [0.25, 0.3) is 0 Å². The second-order valence-corrected chi connectivity index (χ2v) is 6.16. The van der Waals surface area contributed by atoms with Gasteiger partial charge in [-0.25, -0.2) is 14.3 Å².